The van der Waals surface area contributed by atoms with Crippen LogP contribution in [0.3, 0.4) is 0 Å². The van der Waals surface area contributed by atoms with Gasteiger partial charge in [-0.1, -0.05) is 17.7 Å². The van der Waals surface area contributed by atoms with Crippen molar-refractivity contribution in [1.29, 1.82) is 0 Å². The second kappa shape index (κ2) is 5.94. The third-order valence-corrected chi connectivity index (χ3v) is 6.08. The van der Waals surface area contributed by atoms with Gasteiger partial charge in [0.2, 0.25) is 0 Å². The lowest BCUT2D eigenvalue weighted by Gasteiger charge is -2.17. The summed E-state index contributed by atoms with van der Waals surface area (Å²) in [5, 5.41) is 3.09. The highest BCUT2D eigenvalue weighted by atomic mass is 32.2. The summed E-state index contributed by atoms with van der Waals surface area (Å²) in [5.74, 6) is 0.446. The molecule has 0 N–H and O–H groups in total. The summed E-state index contributed by atoms with van der Waals surface area (Å²) < 4.78 is 6.11. The van der Waals surface area contributed by atoms with Crippen molar-refractivity contribution in [3.05, 3.63) is 55.6 Å². The molecule has 2 heterocycles. The first-order valence-corrected chi connectivity index (χ1v) is 8.99. The molecule has 0 spiro atoms. The van der Waals surface area contributed by atoms with Crippen LogP contribution in [0.15, 0.2) is 23.6 Å². The van der Waals surface area contributed by atoms with E-state index in [-0.39, 0.29) is 5.97 Å². The molecule has 1 aromatic carbocycles. The monoisotopic (exact) mass is 330 g/mol. The van der Waals surface area contributed by atoms with Gasteiger partial charge in [-0.15, -0.1) is 23.1 Å². The van der Waals surface area contributed by atoms with E-state index in [1.54, 1.807) is 23.1 Å². The van der Waals surface area contributed by atoms with Gasteiger partial charge >= 0.3 is 5.97 Å². The number of thiophene rings is 1. The molecule has 2 nitrogen and oxygen atoms in total. The van der Waals surface area contributed by atoms with E-state index in [4.69, 9.17) is 4.74 Å². The van der Waals surface area contributed by atoms with Crippen LogP contribution in [0.4, 0.5) is 0 Å². The Hall–Kier alpha value is -1.52. The zero-order valence-corrected chi connectivity index (χ0v) is 14.8. The van der Waals surface area contributed by atoms with Crippen molar-refractivity contribution >= 4 is 39.5 Å². The maximum Gasteiger partial charge on any atom is 0.335 e. The standard InChI is InChI=1S/C18H18O2S2/c1-10-7-11(2)15(12(3)8-10)17-16-13(5-6-21-16)14(9-22-17)18(19)20-4/h5-8H,9H2,1-4H3. The predicted octanol–water partition coefficient (Wildman–Crippen LogP) is 2.90. The zero-order chi connectivity index (χ0) is 15.9. The fourth-order valence-electron chi connectivity index (χ4n) is 3.03. The van der Waals surface area contributed by atoms with Crippen LogP contribution in [-0.4, -0.2) is 18.8 Å². The molecule has 3 rings (SSSR count). The Balaban J connectivity index is 2.35. The van der Waals surface area contributed by atoms with E-state index in [0.717, 1.165) is 10.8 Å². The number of carbonyl (C=O) groups excluding carboxylic acids is 1. The highest BCUT2D eigenvalue weighted by Crippen LogP contribution is 2.33. The smallest absolute Gasteiger partial charge is 0.335 e. The number of hydrogen-bond acceptors (Lipinski definition) is 4. The van der Waals surface area contributed by atoms with Gasteiger partial charge in [-0.3, -0.25) is 0 Å². The van der Waals surface area contributed by atoms with Crippen LogP contribution >= 0.6 is 23.1 Å². The van der Waals surface area contributed by atoms with E-state index in [2.05, 4.69) is 38.3 Å². The quantitative estimate of drug-likeness (QED) is 0.792. The van der Waals surface area contributed by atoms with Gasteiger partial charge in [0.1, 0.15) is 0 Å². The average molecular weight is 330 g/mol. The average Bonchev–Trinajstić information content (AvgIpc) is 2.95. The molecule has 1 aliphatic heterocycles. The van der Waals surface area contributed by atoms with E-state index in [0.29, 0.717) is 5.75 Å². The summed E-state index contributed by atoms with van der Waals surface area (Å²) >= 11 is 3.43. The summed E-state index contributed by atoms with van der Waals surface area (Å²) in [7, 11) is 1.44. The third-order valence-electron chi connectivity index (χ3n) is 3.89. The second-order valence-electron chi connectivity index (χ2n) is 5.53. The van der Waals surface area contributed by atoms with Crippen molar-refractivity contribution < 1.29 is 9.53 Å². The van der Waals surface area contributed by atoms with Crippen LogP contribution in [0, 0.1) is 20.8 Å². The first-order valence-electron chi connectivity index (χ1n) is 7.13. The highest BCUT2D eigenvalue weighted by Gasteiger charge is 2.21. The van der Waals surface area contributed by atoms with Crippen molar-refractivity contribution in [1.82, 2.24) is 0 Å². The van der Waals surface area contributed by atoms with E-state index >= 15 is 0 Å². The number of ether oxygens (including phenoxy) is 1. The molecule has 114 valence electrons. The molecule has 0 saturated heterocycles. The van der Waals surface area contributed by atoms with E-state index in [1.807, 2.05) is 6.07 Å². The Labute approximate surface area is 138 Å². The number of esters is 1. The molecule has 0 amide bonds. The van der Waals surface area contributed by atoms with Crippen LogP contribution in [0.2, 0.25) is 0 Å². The van der Waals surface area contributed by atoms with Gasteiger partial charge in [-0.05, 0) is 48.9 Å². The minimum absolute atomic E-state index is 0.219. The summed E-state index contributed by atoms with van der Waals surface area (Å²) in [6, 6.07) is 6.48. The molecule has 0 unspecified atom stereocenters. The summed E-state index contributed by atoms with van der Waals surface area (Å²) in [4.78, 5) is 13.3. The Bertz CT molecular complexity index is 852. The molecule has 0 saturated carbocycles. The molecule has 0 atom stereocenters. The summed E-state index contributed by atoms with van der Waals surface area (Å²) in [5.41, 5.74) is 5.95. The van der Waals surface area contributed by atoms with Crippen LogP contribution < -0.4 is 9.75 Å². The number of hydrogen-bond donors (Lipinski definition) is 0. The van der Waals surface area contributed by atoms with Gasteiger partial charge < -0.3 is 4.74 Å². The van der Waals surface area contributed by atoms with Crippen LogP contribution in [-0.2, 0) is 9.53 Å². The lowest BCUT2D eigenvalue weighted by atomic mass is 9.99. The van der Waals surface area contributed by atoms with Gasteiger partial charge in [-0.25, -0.2) is 4.79 Å². The summed E-state index contributed by atoms with van der Waals surface area (Å²) in [6.45, 7) is 6.45. The maximum absolute atomic E-state index is 12.0. The SMILES string of the molecule is COC(=O)C1=c2ccsc2=C(c2c(C)cc(C)cc2C)SC1. The van der Waals surface area contributed by atoms with Crippen LogP contribution in [0.1, 0.15) is 22.3 Å². The molecular formula is C18H18O2S2. The van der Waals surface area contributed by atoms with E-state index < -0.39 is 0 Å². The van der Waals surface area contributed by atoms with Gasteiger partial charge in [0.15, 0.2) is 0 Å². The van der Waals surface area contributed by atoms with E-state index in [1.165, 1.54) is 38.8 Å². The molecule has 1 aromatic heterocycles. The number of aryl methyl sites for hydroxylation is 3. The second-order valence-corrected chi connectivity index (χ2v) is 7.43. The van der Waals surface area contributed by atoms with Crippen molar-refractivity contribution in [2.75, 3.05) is 12.9 Å². The van der Waals surface area contributed by atoms with Crippen LogP contribution in [0.25, 0.3) is 10.5 Å². The van der Waals surface area contributed by atoms with Crippen molar-refractivity contribution in [2.45, 2.75) is 20.8 Å². The number of methoxy groups -OCH3 is 1. The molecule has 0 aliphatic carbocycles. The molecule has 0 radical (unpaired) electrons. The number of rotatable bonds is 2. The fraction of sp³-hybridized carbons (Fsp3) is 0.278. The number of fused-ring (bicyclic) bond motifs is 1. The van der Waals surface area contributed by atoms with Gasteiger partial charge in [0.05, 0.1) is 12.7 Å². The largest absolute Gasteiger partial charge is 0.466 e. The zero-order valence-electron chi connectivity index (χ0n) is 13.1. The van der Waals surface area contributed by atoms with Crippen molar-refractivity contribution in [2.24, 2.45) is 0 Å². The van der Waals surface area contributed by atoms with Gasteiger partial charge in [-0.2, -0.15) is 0 Å². The minimum atomic E-state index is -0.219. The molecule has 1 aliphatic rings. The predicted molar refractivity (Wildman–Crippen MR) is 94.6 cm³/mol. The molecule has 0 bridgehead atoms. The minimum Gasteiger partial charge on any atom is -0.466 e. The van der Waals surface area contributed by atoms with E-state index in [9.17, 15) is 4.79 Å². The van der Waals surface area contributed by atoms with Crippen molar-refractivity contribution in [3.63, 3.8) is 0 Å². The van der Waals surface area contributed by atoms with Gasteiger partial charge in [0.25, 0.3) is 0 Å². The Morgan fingerprint density at radius 3 is 2.50 bits per heavy atom. The number of thioether (sulfide) groups is 1. The Morgan fingerprint density at radius 2 is 1.86 bits per heavy atom. The summed E-state index contributed by atoms with van der Waals surface area (Å²) in [6.07, 6.45) is 0. The first-order chi connectivity index (χ1) is 10.5. The Kier molecular flexibility index (Phi) is 4.15. The van der Waals surface area contributed by atoms with Crippen molar-refractivity contribution in [3.8, 4) is 0 Å². The molecule has 4 heteroatoms. The molecular weight excluding hydrogens is 312 g/mol. The first kappa shape index (κ1) is 15.4. The Morgan fingerprint density at radius 1 is 1.18 bits per heavy atom. The topological polar surface area (TPSA) is 26.3 Å². The van der Waals surface area contributed by atoms with Gasteiger partial charge in [0, 0.05) is 20.4 Å². The highest BCUT2D eigenvalue weighted by molar-refractivity contribution is 8.08. The molecule has 22 heavy (non-hydrogen) atoms. The molecule has 2 aromatic rings. The lowest BCUT2D eigenvalue weighted by molar-refractivity contribution is -0.133. The number of carbonyl (C=O) groups is 1. The maximum atomic E-state index is 12.0. The third kappa shape index (κ3) is 2.50. The lowest BCUT2D eigenvalue weighted by Crippen LogP contribution is -2.31. The molecule has 0 fully saturated rings. The number of benzene rings is 1. The normalized spacial score (nSPS) is 14.0. The van der Waals surface area contributed by atoms with Crippen LogP contribution in [0.5, 0.6) is 0 Å². The fourth-order valence-corrected chi connectivity index (χ4v) is 5.48.